The van der Waals surface area contributed by atoms with Gasteiger partial charge in [-0.15, -0.1) is 0 Å². The molecule has 0 saturated heterocycles. The van der Waals surface area contributed by atoms with Crippen molar-refractivity contribution >= 4 is 0 Å². The monoisotopic (exact) mass is 229 g/mol. The first kappa shape index (κ1) is 13.1. The van der Waals surface area contributed by atoms with Gasteiger partial charge in [-0.25, -0.2) is 8.78 Å². The van der Waals surface area contributed by atoms with E-state index in [4.69, 9.17) is 0 Å². The molecule has 0 heterocycles. The van der Waals surface area contributed by atoms with E-state index in [1.807, 2.05) is 6.92 Å². The van der Waals surface area contributed by atoms with E-state index in [0.29, 0.717) is 6.54 Å². The number of nitrogens with one attached hydrogen (secondary N) is 1. The van der Waals surface area contributed by atoms with Gasteiger partial charge in [0.15, 0.2) is 0 Å². The Morgan fingerprint density at radius 2 is 2.12 bits per heavy atom. The maximum absolute atomic E-state index is 13.2. The number of halogens is 2. The Hall–Kier alpha value is -1.00. The van der Waals surface area contributed by atoms with Gasteiger partial charge in [-0.2, -0.15) is 0 Å². The average Bonchev–Trinajstić information content (AvgIpc) is 2.24. The lowest BCUT2D eigenvalue weighted by atomic mass is 10.1. The molecule has 0 amide bonds. The largest absolute Gasteiger partial charge is 0.391 e. The molecule has 4 heteroatoms. The van der Waals surface area contributed by atoms with Gasteiger partial charge in [0.1, 0.15) is 11.6 Å². The van der Waals surface area contributed by atoms with Crippen LogP contribution in [0.15, 0.2) is 18.2 Å². The Labute approximate surface area is 94.3 Å². The van der Waals surface area contributed by atoms with Gasteiger partial charge in [-0.1, -0.05) is 6.92 Å². The number of aliphatic hydroxyl groups excluding tert-OH is 1. The van der Waals surface area contributed by atoms with Crippen LogP contribution in [0.25, 0.3) is 0 Å². The lowest BCUT2D eigenvalue weighted by molar-refractivity contribution is 0.171. The lowest BCUT2D eigenvalue weighted by Crippen LogP contribution is -2.29. The molecular weight excluding hydrogens is 212 g/mol. The Balaban J connectivity index is 2.48. The van der Waals surface area contributed by atoms with Crippen molar-refractivity contribution in [2.75, 3.05) is 13.1 Å². The van der Waals surface area contributed by atoms with Gasteiger partial charge in [-0.3, -0.25) is 0 Å². The van der Waals surface area contributed by atoms with Gasteiger partial charge in [0, 0.05) is 13.0 Å². The van der Waals surface area contributed by atoms with Crippen molar-refractivity contribution in [3.05, 3.63) is 35.4 Å². The minimum absolute atomic E-state index is 0.125. The van der Waals surface area contributed by atoms with Crippen LogP contribution in [0.4, 0.5) is 8.78 Å². The van der Waals surface area contributed by atoms with Crippen molar-refractivity contribution < 1.29 is 13.9 Å². The molecule has 0 fully saturated rings. The molecule has 1 unspecified atom stereocenters. The van der Waals surface area contributed by atoms with Crippen LogP contribution in [0.3, 0.4) is 0 Å². The lowest BCUT2D eigenvalue weighted by Gasteiger charge is -2.12. The third-order valence-corrected chi connectivity index (χ3v) is 2.27. The van der Waals surface area contributed by atoms with Crippen LogP contribution in [0.2, 0.25) is 0 Å². The van der Waals surface area contributed by atoms with E-state index in [1.54, 1.807) is 0 Å². The molecule has 2 nitrogen and oxygen atoms in total. The van der Waals surface area contributed by atoms with E-state index in [1.165, 1.54) is 0 Å². The maximum Gasteiger partial charge on any atom is 0.126 e. The van der Waals surface area contributed by atoms with Gasteiger partial charge in [-0.05, 0) is 36.7 Å². The minimum atomic E-state index is -0.692. The summed E-state index contributed by atoms with van der Waals surface area (Å²) in [6.45, 7) is 3.22. The molecule has 1 rings (SSSR count). The highest BCUT2D eigenvalue weighted by Crippen LogP contribution is 2.11. The Morgan fingerprint density at radius 1 is 1.38 bits per heavy atom. The highest BCUT2D eigenvalue weighted by Gasteiger charge is 2.09. The van der Waals surface area contributed by atoms with Crippen LogP contribution in [-0.4, -0.2) is 24.3 Å². The second-order valence-electron chi connectivity index (χ2n) is 3.80. The zero-order valence-corrected chi connectivity index (χ0v) is 9.34. The van der Waals surface area contributed by atoms with E-state index >= 15 is 0 Å². The van der Waals surface area contributed by atoms with Crippen LogP contribution < -0.4 is 5.32 Å². The van der Waals surface area contributed by atoms with Crippen molar-refractivity contribution in [3.8, 4) is 0 Å². The highest BCUT2D eigenvalue weighted by atomic mass is 19.1. The number of rotatable bonds is 6. The summed E-state index contributed by atoms with van der Waals surface area (Å²) in [5, 5.41) is 12.6. The molecule has 0 aliphatic rings. The second kappa shape index (κ2) is 6.55. The van der Waals surface area contributed by atoms with Crippen LogP contribution in [0.5, 0.6) is 0 Å². The van der Waals surface area contributed by atoms with E-state index in [9.17, 15) is 13.9 Å². The summed E-state index contributed by atoms with van der Waals surface area (Å²) < 4.78 is 26.1. The van der Waals surface area contributed by atoms with Gasteiger partial charge in [0.05, 0.1) is 6.10 Å². The molecule has 1 atom stereocenters. The summed E-state index contributed by atoms with van der Waals surface area (Å²) in [6, 6.07) is 3.27. The first-order valence-corrected chi connectivity index (χ1v) is 5.46. The zero-order chi connectivity index (χ0) is 12.0. The van der Waals surface area contributed by atoms with E-state index < -0.39 is 17.7 Å². The fraction of sp³-hybridized carbons (Fsp3) is 0.500. The average molecular weight is 229 g/mol. The molecule has 2 N–H and O–H groups in total. The summed E-state index contributed by atoms with van der Waals surface area (Å²) >= 11 is 0. The van der Waals surface area contributed by atoms with Crippen molar-refractivity contribution in [2.45, 2.75) is 25.9 Å². The van der Waals surface area contributed by atoms with Crippen LogP contribution in [0.1, 0.15) is 18.9 Å². The molecule has 0 spiro atoms. The Morgan fingerprint density at radius 3 is 2.81 bits per heavy atom. The molecule has 90 valence electrons. The Bertz CT molecular complexity index is 331. The number of benzene rings is 1. The fourth-order valence-electron chi connectivity index (χ4n) is 1.47. The van der Waals surface area contributed by atoms with Crippen LogP contribution >= 0.6 is 0 Å². The summed E-state index contributed by atoms with van der Waals surface area (Å²) in [5.74, 6) is -0.957. The zero-order valence-electron chi connectivity index (χ0n) is 9.34. The number of aliphatic hydroxyl groups is 1. The smallest absolute Gasteiger partial charge is 0.126 e. The van der Waals surface area contributed by atoms with Crippen LogP contribution in [-0.2, 0) is 6.42 Å². The minimum Gasteiger partial charge on any atom is -0.391 e. The second-order valence-corrected chi connectivity index (χ2v) is 3.80. The molecular formula is C12H17F2NO. The fourth-order valence-corrected chi connectivity index (χ4v) is 1.47. The molecule has 16 heavy (non-hydrogen) atoms. The van der Waals surface area contributed by atoms with Gasteiger partial charge in [0.25, 0.3) is 0 Å². The topological polar surface area (TPSA) is 32.3 Å². The summed E-state index contributed by atoms with van der Waals surface area (Å²) in [4.78, 5) is 0. The van der Waals surface area contributed by atoms with Crippen molar-refractivity contribution in [3.63, 3.8) is 0 Å². The SMILES string of the molecule is CCCNCC(O)Cc1cc(F)ccc1F. The van der Waals surface area contributed by atoms with E-state index in [-0.39, 0.29) is 12.0 Å². The molecule has 1 aromatic rings. The first-order chi connectivity index (χ1) is 7.63. The van der Waals surface area contributed by atoms with Gasteiger partial charge >= 0.3 is 0 Å². The molecule has 0 aliphatic carbocycles. The van der Waals surface area contributed by atoms with E-state index in [2.05, 4.69) is 5.32 Å². The van der Waals surface area contributed by atoms with Gasteiger partial charge in [0.2, 0.25) is 0 Å². The third-order valence-electron chi connectivity index (χ3n) is 2.27. The van der Waals surface area contributed by atoms with Gasteiger partial charge < -0.3 is 10.4 Å². The van der Waals surface area contributed by atoms with E-state index in [0.717, 1.165) is 31.2 Å². The summed E-state index contributed by atoms with van der Waals surface area (Å²) in [6.07, 6.45) is 0.407. The van der Waals surface area contributed by atoms with Crippen molar-refractivity contribution in [1.82, 2.24) is 5.32 Å². The third kappa shape index (κ3) is 4.24. The molecule has 0 aliphatic heterocycles. The molecule has 0 radical (unpaired) electrons. The molecule has 0 aromatic heterocycles. The van der Waals surface area contributed by atoms with Crippen LogP contribution in [0, 0.1) is 11.6 Å². The normalized spacial score (nSPS) is 12.8. The molecule has 0 bridgehead atoms. The first-order valence-electron chi connectivity index (χ1n) is 5.46. The number of hydrogen-bond acceptors (Lipinski definition) is 2. The standard InChI is InChI=1S/C12H17F2NO/c1-2-5-15-8-11(16)7-9-6-10(13)3-4-12(9)14/h3-4,6,11,15-16H,2,5,7-8H2,1H3. The summed E-state index contributed by atoms with van der Waals surface area (Å²) in [7, 11) is 0. The predicted molar refractivity (Wildman–Crippen MR) is 59.2 cm³/mol. The van der Waals surface area contributed by atoms with Crippen molar-refractivity contribution in [1.29, 1.82) is 0 Å². The highest BCUT2D eigenvalue weighted by molar-refractivity contribution is 5.19. The predicted octanol–water partition coefficient (Wildman–Crippen LogP) is 1.87. The number of hydrogen-bond donors (Lipinski definition) is 2. The summed E-state index contributed by atoms with van der Waals surface area (Å²) in [5.41, 5.74) is 0.214. The molecule has 0 saturated carbocycles. The van der Waals surface area contributed by atoms with Crippen molar-refractivity contribution in [2.24, 2.45) is 0 Å². The maximum atomic E-state index is 13.2. The molecule has 1 aromatic carbocycles. The quantitative estimate of drug-likeness (QED) is 0.730. The Kier molecular flexibility index (Phi) is 5.35.